The standard InChI is InChI=1S/C20H19NO4/c1-11(2)12-8-9-13-16(10-12)24-20(18(13)22)17-14(19(23)25-20)6-5-7-15(17)21(3)4/h5-11H,1-4H3. The maximum Gasteiger partial charge on any atom is 0.349 e. The van der Waals surface area contributed by atoms with E-state index in [1.807, 2.05) is 37.2 Å². The summed E-state index contributed by atoms with van der Waals surface area (Å²) in [4.78, 5) is 27.4. The number of fused-ring (bicyclic) bond motifs is 3. The van der Waals surface area contributed by atoms with Gasteiger partial charge in [0.15, 0.2) is 0 Å². The maximum absolute atomic E-state index is 13.2. The lowest BCUT2D eigenvalue weighted by atomic mass is 9.93. The quantitative estimate of drug-likeness (QED) is 0.786. The Morgan fingerprint density at radius 2 is 1.76 bits per heavy atom. The summed E-state index contributed by atoms with van der Waals surface area (Å²) in [6, 6.07) is 10.8. The number of carbonyl (C=O) groups excluding carboxylic acids is 2. The summed E-state index contributed by atoms with van der Waals surface area (Å²) in [5.41, 5.74) is 3.09. The Hall–Kier alpha value is -2.82. The average molecular weight is 337 g/mol. The van der Waals surface area contributed by atoms with E-state index in [1.54, 1.807) is 18.2 Å². The Kier molecular flexibility index (Phi) is 3.19. The van der Waals surface area contributed by atoms with Crippen molar-refractivity contribution in [2.24, 2.45) is 0 Å². The minimum absolute atomic E-state index is 0.302. The Bertz CT molecular complexity index is 916. The molecule has 0 fully saturated rings. The van der Waals surface area contributed by atoms with Crippen LogP contribution in [0.5, 0.6) is 5.75 Å². The topological polar surface area (TPSA) is 55.8 Å². The van der Waals surface area contributed by atoms with Crippen molar-refractivity contribution >= 4 is 17.4 Å². The fourth-order valence-electron chi connectivity index (χ4n) is 3.45. The predicted molar refractivity (Wildman–Crippen MR) is 93.4 cm³/mol. The van der Waals surface area contributed by atoms with E-state index >= 15 is 0 Å². The second-order valence-electron chi connectivity index (χ2n) is 6.94. The zero-order valence-electron chi connectivity index (χ0n) is 14.6. The molecule has 0 amide bonds. The van der Waals surface area contributed by atoms with E-state index in [4.69, 9.17) is 9.47 Å². The first-order valence-electron chi connectivity index (χ1n) is 8.27. The van der Waals surface area contributed by atoms with Crippen LogP contribution in [0, 0.1) is 0 Å². The molecule has 2 aliphatic heterocycles. The molecular formula is C20H19NO4. The first-order chi connectivity index (χ1) is 11.8. The molecule has 25 heavy (non-hydrogen) atoms. The van der Waals surface area contributed by atoms with Crippen LogP contribution in [0.15, 0.2) is 36.4 Å². The fourth-order valence-corrected chi connectivity index (χ4v) is 3.45. The molecule has 2 aromatic carbocycles. The van der Waals surface area contributed by atoms with Gasteiger partial charge in [-0.2, -0.15) is 0 Å². The lowest BCUT2D eigenvalue weighted by Gasteiger charge is -2.25. The van der Waals surface area contributed by atoms with Crippen molar-refractivity contribution in [1.82, 2.24) is 0 Å². The summed E-state index contributed by atoms with van der Waals surface area (Å²) >= 11 is 0. The van der Waals surface area contributed by atoms with Crippen LogP contribution in [0.1, 0.15) is 51.6 Å². The molecule has 0 aliphatic carbocycles. The largest absolute Gasteiger partial charge is 0.441 e. The second kappa shape index (κ2) is 5.09. The van der Waals surface area contributed by atoms with Gasteiger partial charge in [0.1, 0.15) is 5.75 Å². The molecule has 2 aromatic rings. The molecule has 128 valence electrons. The summed E-state index contributed by atoms with van der Waals surface area (Å²) in [5, 5.41) is 0. The van der Waals surface area contributed by atoms with Crippen LogP contribution >= 0.6 is 0 Å². The molecule has 1 atom stereocenters. The minimum Gasteiger partial charge on any atom is -0.441 e. The molecule has 0 saturated carbocycles. The summed E-state index contributed by atoms with van der Waals surface area (Å²) in [5.74, 6) is -1.82. The number of nitrogens with zero attached hydrogens (tertiary/aromatic N) is 1. The highest BCUT2D eigenvalue weighted by atomic mass is 16.7. The van der Waals surface area contributed by atoms with E-state index in [2.05, 4.69) is 13.8 Å². The van der Waals surface area contributed by atoms with Crippen molar-refractivity contribution < 1.29 is 19.1 Å². The van der Waals surface area contributed by atoms with Crippen molar-refractivity contribution in [2.45, 2.75) is 25.6 Å². The zero-order valence-corrected chi connectivity index (χ0v) is 14.6. The third-order valence-electron chi connectivity index (χ3n) is 4.78. The van der Waals surface area contributed by atoms with Gasteiger partial charge >= 0.3 is 11.8 Å². The van der Waals surface area contributed by atoms with Crippen LogP contribution in [0.3, 0.4) is 0 Å². The molecule has 5 heteroatoms. The summed E-state index contributed by atoms with van der Waals surface area (Å²) in [6.07, 6.45) is 0. The van der Waals surface area contributed by atoms with E-state index in [-0.39, 0.29) is 5.78 Å². The lowest BCUT2D eigenvalue weighted by Crippen LogP contribution is -2.38. The van der Waals surface area contributed by atoms with Gasteiger partial charge in [-0.15, -0.1) is 0 Å². The van der Waals surface area contributed by atoms with Crippen molar-refractivity contribution in [3.63, 3.8) is 0 Å². The highest BCUT2D eigenvalue weighted by molar-refractivity contribution is 6.13. The molecule has 1 spiro atoms. The number of carbonyl (C=O) groups is 2. The highest BCUT2D eigenvalue weighted by Crippen LogP contribution is 2.50. The van der Waals surface area contributed by atoms with E-state index in [9.17, 15) is 9.59 Å². The van der Waals surface area contributed by atoms with Crippen molar-refractivity contribution in [1.29, 1.82) is 0 Å². The van der Waals surface area contributed by atoms with Gasteiger partial charge in [-0.1, -0.05) is 26.0 Å². The highest BCUT2D eigenvalue weighted by Gasteiger charge is 2.60. The van der Waals surface area contributed by atoms with Gasteiger partial charge in [-0.3, -0.25) is 4.79 Å². The van der Waals surface area contributed by atoms with Gasteiger partial charge in [0.2, 0.25) is 0 Å². The Morgan fingerprint density at radius 3 is 2.44 bits per heavy atom. The van der Waals surface area contributed by atoms with E-state index < -0.39 is 11.8 Å². The molecule has 1 unspecified atom stereocenters. The predicted octanol–water partition coefficient (Wildman–Crippen LogP) is 3.47. The van der Waals surface area contributed by atoms with E-state index in [1.165, 1.54) is 0 Å². The van der Waals surface area contributed by atoms with Crippen LogP contribution in [0.25, 0.3) is 0 Å². The fraction of sp³-hybridized carbons (Fsp3) is 0.300. The van der Waals surface area contributed by atoms with Crippen LogP contribution in [-0.2, 0) is 10.5 Å². The van der Waals surface area contributed by atoms with Gasteiger partial charge in [0.05, 0.1) is 16.7 Å². The van der Waals surface area contributed by atoms with Crippen LogP contribution in [0.4, 0.5) is 5.69 Å². The first-order valence-corrected chi connectivity index (χ1v) is 8.27. The first kappa shape index (κ1) is 15.7. The molecule has 5 nitrogen and oxygen atoms in total. The number of rotatable bonds is 2. The smallest absolute Gasteiger partial charge is 0.349 e. The summed E-state index contributed by atoms with van der Waals surface area (Å²) < 4.78 is 11.6. The van der Waals surface area contributed by atoms with Gasteiger partial charge in [-0.25, -0.2) is 4.79 Å². The Morgan fingerprint density at radius 1 is 1.00 bits per heavy atom. The summed E-state index contributed by atoms with van der Waals surface area (Å²) in [7, 11) is 3.71. The number of benzene rings is 2. The Labute approximate surface area is 146 Å². The summed E-state index contributed by atoms with van der Waals surface area (Å²) in [6.45, 7) is 4.15. The number of ketones is 1. The third-order valence-corrected chi connectivity index (χ3v) is 4.78. The number of hydrogen-bond donors (Lipinski definition) is 0. The average Bonchev–Trinajstić information content (AvgIpc) is 3.02. The molecule has 2 heterocycles. The maximum atomic E-state index is 13.2. The van der Waals surface area contributed by atoms with Gasteiger partial charge < -0.3 is 14.4 Å². The molecule has 0 N–H and O–H groups in total. The van der Waals surface area contributed by atoms with Crippen molar-refractivity contribution in [2.75, 3.05) is 19.0 Å². The second-order valence-corrected chi connectivity index (χ2v) is 6.94. The van der Waals surface area contributed by atoms with Crippen LogP contribution in [-0.4, -0.2) is 25.8 Å². The Balaban J connectivity index is 1.92. The zero-order chi connectivity index (χ0) is 17.9. The van der Waals surface area contributed by atoms with Crippen LogP contribution in [0.2, 0.25) is 0 Å². The molecule has 0 radical (unpaired) electrons. The van der Waals surface area contributed by atoms with Crippen molar-refractivity contribution in [3.05, 3.63) is 58.7 Å². The van der Waals surface area contributed by atoms with Crippen molar-refractivity contribution in [3.8, 4) is 5.75 Å². The molecular weight excluding hydrogens is 318 g/mol. The third kappa shape index (κ3) is 2.02. The SMILES string of the molecule is CC(C)c1ccc2c(c1)OC1(OC(=O)c3cccc(N(C)C)c31)C2=O. The van der Waals surface area contributed by atoms with E-state index in [0.29, 0.717) is 28.4 Å². The number of hydrogen-bond acceptors (Lipinski definition) is 5. The van der Waals surface area contributed by atoms with Gasteiger partial charge in [-0.05, 0) is 35.7 Å². The van der Waals surface area contributed by atoms with Gasteiger partial charge in [0.25, 0.3) is 5.78 Å². The van der Waals surface area contributed by atoms with Crippen LogP contribution < -0.4 is 9.64 Å². The molecule has 0 saturated heterocycles. The minimum atomic E-state index is -1.72. The monoisotopic (exact) mass is 337 g/mol. The molecule has 4 rings (SSSR count). The van der Waals surface area contributed by atoms with E-state index in [0.717, 1.165) is 11.3 Å². The lowest BCUT2D eigenvalue weighted by molar-refractivity contribution is -0.0975. The van der Waals surface area contributed by atoms with Gasteiger partial charge in [0, 0.05) is 19.8 Å². The number of anilines is 1. The number of esters is 1. The molecule has 0 bridgehead atoms. The molecule has 2 aliphatic rings. The molecule has 0 aromatic heterocycles. The number of ether oxygens (including phenoxy) is 2. The normalized spacial score (nSPS) is 20.5. The number of Topliss-reactive ketones (excluding diaryl/α,β-unsaturated/α-hetero) is 1.